The topological polar surface area (TPSA) is 89.3 Å². The number of rotatable bonds is 5. The summed E-state index contributed by atoms with van der Waals surface area (Å²) in [6.07, 6.45) is 1.43. The molecule has 8 heteroatoms. The Kier molecular flexibility index (Phi) is 4.85. The molecule has 0 atom stereocenters. The number of carbonyl (C=O) groups excluding carboxylic acids is 1. The van der Waals surface area contributed by atoms with E-state index in [0.717, 1.165) is 5.56 Å². The first-order chi connectivity index (χ1) is 12.1. The van der Waals surface area contributed by atoms with Crippen LogP contribution in [0.15, 0.2) is 47.1 Å². The summed E-state index contributed by atoms with van der Waals surface area (Å²) >= 11 is 6.10. The molecule has 0 aliphatic carbocycles. The third-order valence-electron chi connectivity index (χ3n) is 3.39. The van der Waals surface area contributed by atoms with Gasteiger partial charge in [-0.3, -0.25) is 4.79 Å². The van der Waals surface area contributed by atoms with E-state index in [1.807, 2.05) is 13.0 Å². The van der Waals surface area contributed by atoms with E-state index in [0.29, 0.717) is 28.1 Å². The van der Waals surface area contributed by atoms with Crippen molar-refractivity contribution in [1.29, 1.82) is 0 Å². The molecule has 2 N–H and O–H groups in total. The lowest BCUT2D eigenvalue weighted by Gasteiger charge is -2.12. The number of nitrogens with zero attached hydrogens (tertiary/aromatic N) is 2. The van der Waals surface area contributed by atoms with Crippen LogP contribution in [-0.4, -0.2) is 23.2 Å². The normalized spacial score (nSPS) is 10.4. The second-order valence-corrected chi connectivity index (χ2v) is 5.57. The minimum Gasteiger partial charge on any atom is -0.495 e. The molecule has 2 aromatic heterocycles. The van der Waals surface area contributed by atoms with Crippen LogP contribution in [0.3, 0.4) is 0 Å². The summed E-state index contributed by atoms with van der Waals surface area (Å²) in [5.74, 6) is 1.20. The number of benzene rings is 1. The van der Waals surface area contributed by atoms with Gasteiger partial charge in [0.1, 0.15) is 5.75 Å². The number of furan rings is 1. The number of hydrogen-bond donors (Lipinski definition) is 2. The van der Waals surface area contributed by atoms with Crippen molar-refractivity contribution in [2.45, 2.75) is 6.92 Å². The number of aryl methyl sites for hydroxylation is 1. The smallest absolute Gasteiger partial charge is 0.292 e. The molecule has 25 heavy (non-hydrogen) atoms. The average molecular weight is 359 g/mol. The fourth-order valence-corrected chi connectivity index (χ4v) is 2.27. The monoisotopic (exact) mass is 358 g/mol. The van der Waals surface area contributed by atoms with Gasteiger partial charge in [0, 0.05) is 11.1 Å². The average Bonchev–Trinajstić information content (AvgIpc) is 3.14. The first-order valence-electron chi connectivity index (χ1n) is 7.36. The van der Waals surface area contributed by atoms with Crippen LogP contribution in [0.1, 0.15) is 16.1 Å². The van der Waals surface area contributed by atoms with Crippen LogP contribution in [0, 0.1) is 6.92 Å². The van der Waals surface area contributed by atoms with Gasteiger partial charge in [-0.15, -0.1) is 10.2 Å². The van der Waals surface area contributed by atoms with Gasteiger partial charge in [-0.05, 0) is 42.8 Å². The maximum atomic E-state index is 11.9. The molecule has 0 spiro atoms. The van der Waals surface area contributed by atoms with E-state index in [1.54, 1.807) is 37.4 Å². The minimum absolute atomic E-state index is 0.199. The van der Waals surface area contributed by atoms with Gasteiger partial charge in [-0.1, -0.05) is 11.6 Å². The lowest BCUT2D eigenvalue weighted by Crippen LogP contribution is -2.12. The standard InChI is InChI=1S/C17H15ClN4O3/c1-10-8-12(14(24-2)9-11(10)18)19-15-5-6-16(22-21-15)20-17(23)13-4-3-7-25-13/h3-9H,1-2H3,(H,19,21)(H,20,22,23). The summed E-state index contributed by atoms with van der Waals surface area (Å²) < 4.78 is 10.3. The fourth-order valence-electron chi connectivity index (χ4n) is 2.12. The third kappa shape index (κ3) is 3.89. The fraction of sp³-hybridized carbons (Fsp3) is 0.118. The van der Waals surface area contributed by atoms with Crippen molar-refractivity contribution < 1.29 is 13.9 Å². The predicted octanol–water partition coefficient (Wildman–Crippen LogP) is 4.04. The van der Waals surface area contributed by atoms with E-state index in [9.17, 15) is 4.79 Å². The van der Waals surface area contributed by atoms with Crippen molar-refractivity contribution in [3.63, 3.8) is 0 Å². The van der Waals surface area contributed by atoms with Gasteiger partial charge in [0.2, 0.25) is 0 Å². The molecule has 1 aromatic carbocycles. The second kappa shape index (κ2) is 7.23. The van der Waals surface area contributed by atoms with Crippen LogP contribution in [0.5, 0.6) is 5.75 Å². The number of ether oxygens (including phenoxy) is 1. The van der Waals surface area contributed by atoms with Gasteiger partial charge in [-0.25, -0.2) is 0 Å². The Labute approximate surface area is 149 Å². The molecule has 0 aliphatic heterocycles. The van der Waals surface area contributed by atoms with E-state index in [2.05, 4.69) is 20.8 Å². The number of amides is 1. The number of hydrogen-bond acceptors (Lipinski definition) is 6. The van der Waals surface area contributed by atoms with Gasteiger partial charge in [0.05, 0.1) is 19.1 Å². The molecule has 7 nitrogen and oxygen atoms in total. The molecule has 0 saturated carbocycles. The molecule has 3 rings (SSSR count). The van der Waals surface area contributed by atoms with E-state index in [-0.39, 0.29) is 5.76 Å². The number of aromatic nitrogens is 2. The number of halogens is 1. The zero-order valence-electron chi connectivity index (χ0n) is 13.5. The highest BCUT2D eigenvalue weighted by atomic mass is 35.5. The van der Waals surface area contributed by atoms with Crippen LogP contribution in [0.2, 0.25) is 5.02 Å². The lowest BCUT2D eigenvalue weighted by molar-refractivity contribution is 0.0996. The first kappa shape index (κ1) is 16.8. The number of methoxy groups -OCH3 is 1. The first-order valence-corrected chi connectivity index (χ1v) is 7.74. The van der Waals surface area contributed by atoms with Crippen molar-refractivity contribution in [2.75, 3.05) is 17.7 Å². The quantitative estimate of drug-likeness (QED) is 0.715. The predicted molar refractivity (Wildman–Crippen MR) is 94.7 cm³/mol. The second-order valence-electron chi connectivity index (χ2n) is 5.16. The van der Waals surface area contributed by atoms with Crippen molar-refractivity contribution >= 4 is 34.8 Å². The van der Waals surface area contributed by atoms with Gasteiger partial charge >= 0.3 is 0 Å². The Bertz CT molecular complexity index is 880. The van der Waals surface area contributed by atoms with E-state index < -0.39 is 5.91 Å². The van der Waals surface area contributed by atoms with E-state index >= 15 is 0 Å². The van der Waals surface area contributed by atoms with Gasteiger partial charge in [0.15, 0.2) is 17.4 Å². The van der Waals surface area contributed by atoms with Crippen molar-refractivity contribution in [2.24, 2.45) is 0 Å². The highest BCUT2D eigenvalue weighted by Gasteiger charge is 2.11. The maximum Gasteiger partial charge on any atom is 0.292 e. The van der Waals surface area contributed by atoms with Crippen LogP contribution >= 0.6 is 11.6 Å². The zero-order chi connectivity index (χ0) is 17.8. The minimum atomic E-state index is -0.394. The Morgan fingerprint density at radius 3 is 2.60 bits per heavy atom. The Morgan fingerprint density at radius 2 is 1.96 bits per heavy atom. The zero-order valence-corrected chi connectivity index (χ0v) is 14.3. The summed E-state index contributed by atoms with van der Waals surface area (Å²) in [4.78, 5) is 11.9. The van der Waals surface area contributed by atoms with E-state index in [4.69, 9.17) is 20.8 Å². The molecule has 0 bridgehead atoms. The highest BCUT2D eigenvalue weighted by molar-refractivity contribution is 6.31. The molecule has 3 aromatic rings. The van der Waals surface area contributed by atoms with Crippen molar-refractivity contribution in [1.82, 2.24) is 10.2 Å². The van der Waals surface area contributed by atoms with Gasteiger partial charge in [-0.2, -0.15) is 0 Å². The summed E-state index contributed by atoms with van der Waals surface area (Å²) in [7, 11) is 1.56. The molecule has 0 aliphatic rings. The maximum absolute atomic E-state index is 11.9. The molecule has 0 saturated heterocycles. The summed E-state index contributed by atoms with van der Waals surface area (Å²) in [5, 5.41) is 14.3. The molecule has 1 amide bonds. The Hall–Kier alpha value is -3.06. The lowest BCUT2D eigenvalue weighted by atomic mass is 10.2. The SMILES string of the molecule is COc1cc(Cl)c(C)cc1Nc1ccc(NC(=O)c2ccco2)nn1. The van der Waals surface area contributed by atoms with Crippen LogP contribution < -0.4 is 15.4 Å². The molecule has 2 heterocycles. The number of nitrogens with one attached hydrogen (secondary N) is 2. The van der Waals surface area contributed by atoms with Gasteiger partial charge in [0.25, 0.3) is 5.91 Å². The third-order valence-corrected chi connectivity index (χ3v) is 3.80. The Balaban J connectivity index is 1.73. The summed E-state index contributed by atoms with van der Waals surface area (Å²) in [5.41, 5.74) is 1.62. The molecule has 0 radical (unpaired) electrons. The highest BCUT2D eigenvalue weighted by Crippen LogP contribution is 2.32. The largest absolute Gasteiger partial charge is 0.495 e. The molecule has 128 valence electrons. The molecular weight excluding hydrogens is 344 g/mol. The molecule has 0 fully saturated rings. The van der Waals surface area contributed by atoms with E-state index in [1.165, 1.54) is 6.26 Å². The van der Waals surface area contributed by atoms with Crippen LogP contribution in [-0.2, 0) is 0 Å². The number of carbonyl (C=O) groups is 1. The molecule has 0 unspecified atom stereocenters. The summed E-state index contributed by atoms with van der Waals surface area (Å²) in [6.45, 7) is 1.89. The molecular formula is C17H15ClN4O3. The van der Waals surface area contributed by atoms with Crippen LogP contribution in [0.4, 0.5) is 17.3 Å². The number of anilines is 3. The van der Waals surface area contributed by atoms with Crippen LogP contribution in [0.25, 0.3) is 0 Å². The Morgan fingerprint density at radius 1 is 1.20 bits per heavy atom. The van der Waals surface area contributed by atoms with Gasteiger partial charge < -0.3 is 19.8 Å². The van der Waals surface area contributed by atoms with Crippen molar-refractivity contribution in [3.8, 4) is 5.75 Å². The summed E-state index contributed by atoms with van der Waals surface area (Å²) in [6, 6.07) is 10.1. The van der Waals surface area contributed by atoms with Crippen molar-refractivity contribution in [3.05, 3.63) is 59.0 Å².